The highest BCUT2D eigenvalue weighted by Crippen LogP contribution is 2.30. The number of benzene rings is 4. The number of fused-ring (bicyclic) bond motifs is 8. The molecule has 0 N–H and O–H groups in total. The van der Waals surface area contributed by atoms with Crippen LogP contribution in [0.4, 0.5) is 0 Å². The quantitative estimate of drug-likeness (QED) is 0.250. The van der Waals surface area contributed by atoms with Gasteiger partial charge in [-0.2, -0.15) is 0 Å². The first kappa shape index (κ1) is 29.8. The minimum Gasteiger partial charge on any atom is -0.496 e. The molecule has 0 amide bonds. The topological polar surface area (TPSA) is 55.4 Å². The summed E-state index contributed by atoms with van der Waals surface area (Å²) >= 11 is 0. The van der Waals surface area contributed by atoms with E-state index in [1.165, 1.54) is 0 Å². The van der Waals surface area contributed by atoms with Gasteiger partial charge in [-0.15, -0.1) is 0 Å². The Morgan fingerprint density at radius 1 is 0.429 bits per heavy atom. The zero-order chi connectivity index (χ0) is 29.3. The van der Waals surface area contributed by atoms with Crippen LogP contribution in [0.1, 0.15) is 55.6 Å². The Morgan fingerprint density at radius 2 is 0.714 bits per heavy atom. The van der Waals surface area contributed by atoms with Crippen molar-refractivity contribution >= 4 is 0 Å². The zero-order valence-corrected chi connectivity index (χ0v) is 25.0. The van der Waals surface area contributed by atoms with Crippen molar-refractivity contribution in [2.24, 2.45) is 0 Å². The molecule has 0 saturated heterocycles. The molecule has 0 fully saturated rings. The molecule has 0 atom stereocenters. The third-order valence-corrected chi connectivity index (χ3v) is 7.27. The first-order chi connectivity index (χ1) is 20.5. The van der Waals surface area contributed by atoms with Crippen molar-refractivity contribution in [3.63, 3.8) is 0 Å². The molecule has 42 heavy (non-hydrogen) atoms. The first-order valence-electron chi connectivity index (χ1n) is 14.3. The zero-order valence-electron chi connectivity index (χ0n) is 25.0. The van der Waals surface area contributed by atoms with Crippen LogP contribution in [0.2, 0.25) is 0 Å². The minimum atomic E-state index is 0.441. The molecule has 4 aromatic rings. The predicted molar refractivity (Wildman–Crippen MR) is 162 cm³/mol. The van der Waals surface area contributed by atoms with Gasteiger partial charge < -0.3 is 28.4 Å². The van der Waals surface area contributed by atoms with Crippen molar-refractivity contribution in [2.45, 2.75) is 66.7 Å². The summed E-state index contributed by atoms with van der Waals surface area (Å²) in [5, 5.41) is 0. The van der Waals surface area contributed by atoms with E-state index in [1.54, 1.807) is 14.2 Å². The Labute approximate surface area is 249 Å². The Kier molecular flexibility index (Phi) is 10.3. The molecule has 5 rings (SSSR count). The van der Waals surface area contributed by atoms with Crippen molar-refractivity contribution < 1.29 is 28.4 Å². The van der Waals surface area contributed by atoms with E-state index >= 15 is 0 Å². The van der Waals surface area contributed by atoms with Crippen LogP contribution in [-0.4, -0.2) is 14.2 Å². The number of hydrogen-bond donors (Lipinski definition) is 0. The maximum absolute atomic E-state index is 6.16. The lowest BCUT2D eigenvalue weighted by Gasteiger charge is -2.17. The normalized spacial score (nSPS) is 15.0. The molecular weight excluding hydrogens is 528 g/mol. The van der Waals surface area contributed by atoms with Gasteiger partial charge in [0.05, 0.1) is 67.1 Å². The summed E-state index contributed by atoms with van der Waals surface area (Å²) in [6, 6.07) is 25.1. The first-order valence-corrected chi connectivity index (χ1v) is 14.3. The van der Waals surface area contributed by atoms with E-state index in [0.717, 1.165) is 67.1 Å². The van der Waals surface area contributed by atoms with Gasteiger partial charge in [-0.1, -0.05) is 83.9 Å². The Bertz CT molecular complexity index is 1290. The van der Waals surface area contributed by atoms with Gasteiger partial charge in [0.1, 0.15) is 11.5 Å². The number of methoxy groups -OCH3 is 2. The van der Waals surface area contributed by atoms with Gasteiger partial charge in [0.15, 0.2) is 0 Å². The van der Waals surface area contributed by atoms with Crippen LogP contribution in [-0.2, 0) is 71.8 Å². The molecule has 0 saturated carbocycles. The molecule has 4 aromatic carbocycles. The van der Waals surface area contributed by atoms with Crippen LogP contribution in [0.15, 0.2) is 72.8 Å². The third kappa shape index (κ3) is 7.78. The van der Waals surface area contributed by atoms with Gasteiger partial charge in [-0.25, -0.2) is 0 Å². The van der Waals surface area contributed by atoms with Crippen LogP contribution in [0.25, 0.3) is 0 Å². The van der Waals surface area contributed by atoms with Crippen molar-refractivity contribution in [2.75, 3.05) is 14.2 Å². The molecule has 1 aliphatic heterocycles. The fraction of sp³-hybridized carbons (Fsp3) is 0.333. The molecule has 8 bridgehead atoms. The number of rotatable bonds is 2. The van der Waals surface area contributed by atoms with Crippen LogP contribution >= 0.6 is 0 Å². The Hall–Kier alpha value is -3.68. The number of ether oxygens (including phenoxy) is 6. The van der Waals surface area contributed by atoms with Gasteiger partial charge in [-0.3, -0.25) is 0 Å². The van der Waals surface area contributed by atoms with E-state index in [4.69, 9.17) is 28.4 Å². The Morgan fingerprint density at radius 3 is 0.976 bits per heavy atom. The highest BCUT2D eigenvalue weighted by Gasteiger charge is 2.14. The largest absolute Gasteiger partial charge is 0.496 e. The van der Waals surface area contributed by atoms with E-state index in [0.29, 0.717) is 52.9 Å². The molecule has 0 radical (unpaired) electrons. The van der Waals surface area contributed by atoms with Crippen LogP contribution in [0.5, 0.6) is 11.5 Å². The van der Waals surface area contributed by atoms with Crippen LogP contribution < -0.4 is 9.47 Å². The van der Waals surface area contributed by atoms with Gasteiger partial charge >= 0.3 is 0 Å². The fourth-order valence-corrected chi connectivity index (χ4v) is 5.54. The SMILES string of the molecule is COc1c2cc(C)cc1COCc1cccc(c1)COCc1cc(C)cc(c1OC)COCc1cccc(c1)COC2. The molecule has 0 unspecified atom stereocenters. The molecule has 6 nitrogen and oxygen atoms in total. The lowest BCUT2D eigenvalue weighted by atomic mass is 10.0. The summed E-state index contributed by atoms with van der Waals surface area (Å²) < 4.78 is 36.3. The maximum atomic E-state index is 6.16. The molecule has 0 aromatic heterocycles. The van der Waals surface area contributed by atoms with Crippen molar-refractivity contribution in [1.29, 1.82) is 0 Å². The minimum absolute atomic E-state index is 0.441. The van der Waals surface area contributed by atoms with Gasteiger partial charge in [0.2, 0.25) is 0 Å². The average Bonchev–Trinajstić information content (AvgIpc) is 2.97. The lowest BCUT2D eigenvalue weighted by molar-refractivity contribution is 0.0959. The summed E-state index contributed by atoms with van der Waals surface area (Å²) in [5.74, 6) is 1.63. The Balaban J connectivity index is 1.40. The third-order valence-electron chi connectivity index (χ3n) is 7.27. The summed E-state index contributed by atoms with van der Waals surface area (Å²) in [6.45, 7) is 7.88. The second-order valence-corrected chi connectivity index (χ2v) is 10.8. The standard InChI is InChI=1S/C36H40O6/c1-25-11-31-21-39-17-27-7-5-9-29(15-27)19-41-23-33-13-26(2)14-34(36(33)38-4)24-42-20-30-10-6-8-28(16-30)18-40-22-32(12-25)35(31)37-3/h5-16H,17-24H2,1-4H3. The van der Waals surface area contributed by atoms with Gasteiger partial charge in [0, 0.05) is 22.3 Å². The average molecular weight is 569 g/mol. The van der Waals surface area contributed by atoms with Crippen molar-refractivity contribution in [3.8, 4) is 11.5 Å². The molecule has 6 heteroatoms. The second kappa shape index (κ2) is 14.5. The molecule has 1 heterocycles. The van der Waals surface area contributed by atoms with E-state index < -0.39 is 0 Å². The predicted octanol–water partition coefficient (Wildman–Crippen LogP) is 7.50. The molecular formula is C36H40O6. The van der Waals surface area contributed by atoms with E-state index in [9.17, 15) is 0 Å². The highest BCUT2D eigenvalue weighted by atomic mass is 16.5. The summed E-state index contributed by atoms with van der Waals surface area (Å²) in [5.41, 5.74) is 10.7. The lowest BCUT2D eigenvalue weighted by Crippen LogP contribution is -2.05. The van der Waals surface area contributed by atoms with E-state index in [2.05, 4.69) is 74.5 Å². The maximum Gasteiger partial charge on any atom is 0.129 e. The van der Waals surface area contributed by atoms with Gasteiger partial charge in [0.25, 0.3) is 0 Å². The fourth-order valence-electron chi connectivity index (χ4n) is 5.54. The van der Waals surface area contributed by atoms with E-state index in [1.807, 2.05) is 12.1 Å². The van der Waals surface area contributed by atoms with Crippen molar-refractivity contribution in [1.82, 2.24) is 0 Å². The summed E-state index contributed by atoms with van der Waals surface area (Å²) in [7, 11) is 3.40. The van der Waals surface area contributed by atoms with Gasteiger partial charge in [-0.05, 0) is 36.1 Å². The highest BCUT2D eigenvalue weighted by molar-refractivity contribution is 5.45. The van der Waals surface area contributed by atoms with E-state index in [-0.39, 0.29) is 0 Å². The smallest absolute Gasteiger partial charge is 0.129 e. The molecule has 1 aliphatic rings. The molecule has 0 aliphatic carbocycles. The van der Waals surface area contributed by atoms with Crippen LogP contribution in [0, 0.1) is 13.8 Å². The number of hydrogen-bond acceptors (Lipinski definition) is 6. The van der Waals surface area contributed by atoms with Crippen molar-refractivity contribution in [3.05, 3.63) is 128 Å². The molecule has 220 valence electrons. The number of aryl methyl sites for hydroxylation is 2. The summed E-state index contributed by atoms with van der Waals surface area (Å²) in [6.07, 6.45) is 0. The summed E-state index contributed by atoms with van der Waals surface area (Å²) in [4.78, 5) is 0. The second-order valence-electron chi connectivity index (χ2n) is 10.8. The molecule has 0 spiro atoms. The van der Waals surface area contributed by atoms with Crippen LogP contribution in [0.3, 0.4) is 0 Å². The monoisotopic (exact) mass is 568 g/mol.